The maximum Gasteiger partial charge on any atom is 0.227 e. The molecule has 4 aromatic rings. The molecule has 1 N–H and O–H groups in total. The first kappa shape index (κ1) is 19.7. The highest BCUT2D eigenvalue weighted by molar-refractivity contribution is 5.86. The number of methoxy groups -OCH3 is 1. The van der Waals surface area contributed by atoms with Crippen LogP contribution in [0.4, 0.5) is 5.69 Å². The van der Waals surface area contributed by atoms with Crippen molar-refractivity contribution >= 4 is 23.0 Å². The van der Waals surface area contributed by atoms with E-state index in [0.717, 1.165) is 22.4 Å². The highest BCUT2D eigenvalue weighted by Gasteiger charge is 2.16. The topological polar surface area (TPSA) is 67.9 Å². The largest absolute Gasteiger partial charge is 0.504 e. The van der Waals surface area contributed by atoms with Gasteiger partial charge in [0.25, 0.3) is 0 Å². The minimum absolute atomic E-state index is 0.0597. The lowest BCUT2D eigenvalue weighted by Gasteiger charge is -2.18. The molecule has 0 saturated heterocycles. The molecule has 0 amide bonds. The number of fused-ring (bicyclic) bond motifs is 1. The molecule has 5 nitrogen and oxygen atoms in total. The third-order valence-corrected chi connectivity index (χ3v) is 4.97. The predicted octanol–water partition coefficient (Wildman–Crippen LogP) is 6.26. The summed E-state index contributed by atoms with van der Waals surface area (Å²) in [6, 6.07) is 19.1. The highest BCUT2D eigenvalue weighted by Crippen LogP contribution is 2.31. The van der Waals surface area contributed by atoms with Crippen LogP contribution in [0.5, 0.6) is 11.5 Å². The number of para-hydroxylation sites is 1. The Morgan fingerprint density at radius 3 is 2.50 bits per heavy atom. The molecule has 0 atom stereocenters. The van der Waals surface area contributed by atoms with Crippen molar-refractivity contribution in [1.29, 1.82) is 0 Å². The van der Waals surface area contributed by atoms with E-state index >= 15 is 0 Å². The van der Waals surface area contributed by atoms with Crippen LogP contribution in [0.3, 0.4) is 0 Å². The van der Waals surface area contributed by atoms with Crippen LogP contribution in [0.25, 0.3) is 22.6 Å². The maximum atomic E-state index is 10.2. The number of rotatable bonds is 4. The quantitative estimate of drug-likeness (QED) is 0.411. The lowest BCUT2D eigenvalue weighted by atomic mass is 9.87. The molecule has 4 rings (SSSR count). The molecule has 1 heterocycles. The zero-order valence-corrected chi connectivity index (χ0v) is 17.5. The lowest BCUT2D eigenvalue weighted by molar-refractivity contribution is 0.373. The van der Waals surface area contributed by atoms with E-state index in [1.807, 2.05) is 30.3 Å². The summed E-state index contributed by atoms with van der Waals surface area (Å²) in [5, 5.41) is 10.2. The molecule has 152 valence electrons. The van der Waals surface area contributed by atoms with Crippen molar-refractivity contribution in [1.82, 2.24) is 4.98 Å². The summed E-state index contributed by atoms with van der Waals surface area (Å²) in [4.78, 5) is 9.10. The summed E-state index contributed by atoms with van der Waals surface area (Å²) < 4.78 is 11.1. The minimum atomic E-state index is 0.0597. The van der Waals surface area contributed by atoms with Crippen LogP contribution in [0.1, 0.15) is 31.9 Å². The van der Waals surface area contributed by atoms with Crippen LogP contribution >= 0.6 is 0 Å². The summed E-state index contributed by atoms with van der Waals surface area (Å²) in [7, 11) is 1.52. The first-order valence-electron chi connectivity index (χ1n) is 9.77. The van der Waals surface area contributed by atoms with Crippen molar-refractivity contribution < 1.29 is 14.3 Å². The third-order valence-electron chi connectivity index (χ3n) is 4.97. The van der Waals surface area contributed by atoms with Crippen LogP contribution in [0.2, 0.25) is 0 Å². The monoisotopic (exact) mass is 400 g/mol. The van der Waals surface area contributed by atoms with Gasteiger partial charge < -0.3 is 14.3 Å². The van der Waals surface area contributed by atoms with Crippen molar-refractivity contribution in [2.24, 2.45) is 4.99 Å². The smallest absolute Gasteiger partial charge is 0.227 e. The molecule has 0 unspecified atom stereocenters. The van der Waals surface area contributed by atoms with Gasteiger partial charge in [-0.1, -0.05) is 32.9 Å². The Balaban J connectivity index is 1.58. The first-order chi connectivity index (χ1) is 14.3. The van der Waals surface area contributed by atoms with Crippen molar-refractivity contribution in [2.75, 3.05) is 7.11 Å². The van der Waals surface area contributed by atoms with Gasteiger partial charge in [0.1, 0.15) is 5.52 Å². The Morgan fingerprint density at radius 2 is 1.80 bits per heavy atom. The number of aliphatic imine (C=N–C) groups is 1. The number of oxazole rings is 1. The number of aromatic nitrogens is 1. The normalized spacial score (nSPS) is 12.0. The van der Waals surface area contributed by atoms with Gasteiger partial charge in [0, 0.05) is 17.3 Å². The zero-order valence-electron chi connectivity index (χ0n) is 17.5. The molecule has 0 aliphatic heterocycles. The zero-order chi connectivity index (χ0) is 21.3. The van der Waals surface area contributed by atoms with Gasteiger partial charge in [0.15, 0.2) is 17.1 Å². The average molecular weight is 400 g/mol. The Bertz CT molecular complexity index is 1220. The number of ether oxygens (including phenoxy) is 1. The van der Waals surface area contributed by atoms with E-state index in [1.54, 1.807) is 24.4 Å². The molecule has 0 aliphatic carbocycles. The third kappa shape index (κ3) is 3.92. The van der Waals surface area contributed by atoms with E-state index in [0.29, 0.717) is 17.2 Å². The van der Waals surface area contributed by atoms with Gasteiger partial charge in [-0.25, -0.2) is 4.98 Å². The number of hydrogen-bond acceptors (Lipinski definition) is 5. The van der Waals surface area contributed by atoms with Crippen LogP contribution in [-0.2, 0) is 5.41 Å². The Kier molecular flexibility index (Phi) is 5.04. The molecule has 0 fully saturated rings. The van der Waals surface area contributed by atoms with Crippen LogP contribution in [0.15, 0.2) is 70.1 Å². The summed E-state index contributed by atoms with van der Waals surface area (Å²) >= 11 is 0. The van der Waals surface area contributed by atoms with E-state index in [9.17, 15) is 5.11 Å². The molecule has 0 bridgehead atoms. The van der Waals surface area contributed by atoms with Gasteiger partial charge in [-0.2, -0.15) is 0 Å². The number of hydrogen-bond donors (Lipinski definition) is 1. The van der Waals surface area contributed by atoms with E-state index < -0.39 is 0 Å². The Hall–Kier alpha value is -3.60. The van der Waals surface area contributed by atoms with Crippen LogP contribution < -0.4 is 4.74 Å². The molecule has 0 aliphatic rings. The molecule has 5 heteroatoms. The van der Waals surface area contributed by atoms with Crippen LogP contribution in [0, 0.1) is 0 Å². The van der Waals surface area contributed by atoms with Gasteiger partial charge in [0.05, 0.1) is 12.8 Å². The van der Waals surface area contributed by atoms with Crippen molar-refractivity contribution in [3.63, 3.8) is 0 Å². The number of nitrogens with zero attached hydrogens (tertiary/aromatic N) is 2. The molecule has 0 spiro atoms. The molecule has 1 aromatic heterocycles. The highest BCUT2D eigenvalue weighted by atomic mass is 16.5. The minimum Gasteiger partial charge on any atom is -0.504 e. The van der Waals surface area contributed by atoms with Crippen LogP contribution in [-0.4, -0.2) is 23.4 Å². The average Bonchev–Trinajstić information content (AvgIpc) is 3.16. The summed E-state index contributed by atoms with van der Waals surface area (Å²) in [5.41, 5.74) is 5.14. The van der Waals surface area contributed by atoms with Gasteiger partial charge in [-0.3, -0.25) is 4.99 Å². The first-order valence-corrected chi connectivity index (χ1v) is 9.77. The maximum absolute atomic E-state index is 10.2. The standard InChI is InChI=1S/C25H24N2O3/c1-25(2,3)18-10-13-21-20(14-18)27-24(30-21)16-8-11-19(12-9-16)26-15-17-6-5-7-22(29-4)23(17)28/h5-15,28H,1-4H3. The molecular formula is C25H24N2O3. The van der Waals surface area contributed by atoms with Gasteiger partial charge in [-0.05, 0) is 59.5 Å². The number of phenols is 1. The Morgan fingerprint density at radius 1 is 1.03 bits per heavy atom. The SMILES string of the molecule is COc1cccc(C=Nc2ccc(-c3nc4cc(C(C)(C)C)ccc4o3)cc2)c1O. The summed E-state index contributed by atoms with van der Waals surface area (Å²) in [6.07, 6.45) is 1.61. The molecule has 30 heavy (non-hydrogen) atoms. The lowest BCUT2D eigenvalue weighted by Crippen LogP contribution is -2.10. The van der Waals surface area contributed by atoms with E-state index in [1.165, 1.54) is 12.7 Å². The van der Waals surface area contributed by atoms with E-state index in [4.69, 9.17) is 9.15 Å². The van der Waals surface area contributed by atoms with Crippen molar-refractivity contribution in [3.8, 4) is 23.0 Å². The van der Waals surface area contributed by atoms with Crippen molar-refractivity contribution in [2.45, 2.75) is 26.2 Å². The number of phenolic OH excluding ortho intramolecular Hbond substituents is 1. The molecule has 3 aromatic carbocycles. The number of aromatic hydroxyl groups is 1. The molecular weight excluding hydrogens is 376 g/mol. The van der Waals surface area contributed by atoms with Gasteiger partial charge in [0.2, 0.25) is 5.89 Å². The second-order valence-corrected chi connectivity index (χ2v) is 8.15. The second kappa shape index (κ2) is 7.67. The Labute approximate surface area is 175 Å². The molecule has 0 radical (unpaired) electrons. The molecule has 0 saturated carbocycles. The summed E-state index contributed by atoms with van der Waals surface area (Å²) in [6.45, 7) is 6.54. The van der Waals surface area contributed by atoms with E-state index in [-0.39, 0.29) is 11.2 Å². The van der Waals surface area contributed by atoms with Gasteiger partial charge >= 0.3 is 0 Å². The second-order valence-electron chi connectivity index (χ2n) is 8.15. The fourth-order valence-electron chi connectivity index (χ4n) is 3.16. The fourth-order valence-corrected chi connectivity index (χ4v) is 3.16. The predicted molar refractivity (Wildman–Crippen MR) is 120 cm³/mol. The summed E-state index contributed by atoms with van der Waals surface area (Å²) in [5.74, 6) is 1.07. The number of benzene rings is 3. The fraction of sp³-hybridized carbons (Fsp3) is 0.200. The van der Waals surface area contributed by atoms with Gasteiger partial charge in [-0.15, -0.1) is 0 Å². The van der Waals surface area contributed by atoms with E-state index in [2.05, 4.69) is 42.9 Å². The van der Waals surface area contributed by atoms with Crippen molar-refractivity contribution in [3.05, 3.63) is 71.8 Å².